The Morgan fingerprint density at radius 2 is 1.75 bits per heavy atom. The molecule has 1 aliphatic heterocycles. The summed E-state index contributed by atoms with van der Waals surface area (Å²) in [4.78, 5) is 7.01. The van der Waals surface area contributed by atoms with Gasteiger partial charge in [-0.15, -0.1) is 0 Å². The topological polar surface area (TPSA) is 42.2 Å². The van der Waals surface area contributed by atoms with Crippen LogP contribution in [0.3, 0.4) is 0 Å². The van der Waals surface area contributed by atoms with Gasteiger partial charge in [-0.1, -0.05) is 48.5 Å². The minimum atomic E-state index is -0.290. The second kappa shape index (κ2) is 6.84. The van der Waals surface area contributed by atoms with Crippen LogP contribution in [0.15, 0.2) is 65.2 Å². The highest BCUT2D eigenvalue weighted by atomic mass is 19.1. The molecule has 4 nitrogen and oxygen atoms in total. The molecule has 5 rings (SSSR count). The molecule has 1 saturated heterocycles. The van der Waals surface area contributed by atoms with E-state index in [9.17, 15) is 4.39 Å². The van der Waals surface area contributed by atoms with Crippen molar-refractivity contribution in [3.8, 4) is 22.8 Å². The summed E-state index contributed by atoms with van der Waals surface area (Å²) in [6.45, 7) is 5.55. The van der Waals surface area contributed by atoms with Crippen molar-refractivity contribution in [1.29, 1.82) is 0 Å². The van der Waals surface area contributed by atoms with Crippen LogP contribution < -0.4 is 0 Å². The van der Waals surface area contributed by atoms with Gasteiger partial charge in [0.05, 0.1) is 0 Å². The molecule has 3 aromatic carbocycles. The molecule has 28 heavy (non-hydrogen) atoms. The van der Waals surface area contributed by atoms with E-state index >= 15 is 0 Å². The Labute approximate surface area is 162 Å². The number of aromatic nitrogens is 2. The third-order valence-corrected chi connectivity index (χ3v) is 5.31. The largest absolute Gasteiger partial charge is 0.334 e. The molecule has 0 N–H and O–H groups in total. The highest BCUT2D eigenvalue weighted by Crippen LogP contribution is 2.32. The molecule has 4 aromatic rings. The molecular weight excluding hydrogens is 353 g/mol. The number of nitrogens with zero attached hydrogens (tertiary/aromatic N) is 3. The fourth-order valence-corrected chi connectivity index (χ4v) is 3.94. The van der Waals surface area contributed by atoms with E-state index in [1.54, 1.807) is 12.1 Å². The average molecular weight is 373 g/mol. The van der Waals surface area contributed by atoms with Crippen LogP contribution in [0.1, 0.15) is 12.5 Å². The van der Waals surface area contributed by atoms with Crippen molar-refractivity contribution in [1.82, 2.24) is 15.0 Å². The Balaban J connectivity index is 1.52. The second-order valence-electron chi connectivity index (χ2n) is 7.55. The summed E-state index contributed by atoms with van der Waals surface area (Å²) in [5.41, 5.74) is 2.95. The van der Waals surface area contributed by atoms with Crippen molar-refractivity contribution >= 4 is 10.8 Å². The normalized spacial score (nSPS) is 15.1. The predicted octanol–water partition coefficient (Wildman–Crippen LogP) is 5.15. The van der Waals surface area contributed by atoms with Gasteiger partial charge in [0.2, 0.25) is 5.82 Å². The first-order valence-electron chi connectivity index (χ1n) is 9.50. The number of fused-ring (bicyclic) bond motifs is 1. The summed E-state index contributed by atoms with van der Waals surface area (Å²) >= 11 is 0. The fourth-order valence-electron chi connectivity index (χ4n) is 3.94. The molecule has 0 radical (unpaired) electrons. The van der Waals surface area contributed by atoms with Gasteiger partial charge in [0.15, 0.2) is 0 Å². The molecule has 0 atom stereocenters. The Morgan fingerprint density at radius 3 is 2.50 bits per heavy atom. The molecule has 2 heterocycles. The summed E-state index contributed by atoms with van der Waals surface area (Å²) in [6.07, 6.45) is 0. The first-order valence-corrected chi connectivity index (χ1v) is 9.50. The van der Waals surface area contributed by atoms with Crippen LogP contribution in [-0.4, -0.2) is 28.1 Å². The molecule has 0 saturated carbocycles. The molecule has 0 unspecified atom stereocenters. The summed E-state index contributed by atoms with van der Waals surface area (Å²) in [5, 5.41) is 6.50. The van der Waals surface area contributed by atoms with E-state index in [0.29, 0.717) is 17.3 Å². The third-order valence-electron chi connectivity index (χ3n) is 5.31. The van der Waals surface area contributed by atoms with Crippen LogP contribution in [-0.2, 0) is 6.54 Å². The van der Waals surface area contributed by atoms with Crippen molar-refractivity contribution in [2.45, 2.75) is 13.5 Å². The minimum absolute atomic E-state index is 0.290. The lowest BCUT2D eigenvalue weighted by Crippen LogP contribution is -2.44. The van der Waals surface area contributed by atoms with Gasteiger partial charge < -0.3 is 4.52 Å². The van der Waals surface area contributed by atoms with Crippen LogP contribution in [0.4, 0.5) is 4.39 Å². The smallest absolute Gasteiger partial charge is 0.258 e. The van der Waals surface area contributed by atoms with E-state index in [2.05, 4.69) is 52.3 Å². The van der Waals surface area contributed by atoms with Crippen molar-refractivity contribution in [3.05, 3.63) is 72.0 Å². The SMILES string of the molecule is CC1CN(Cc2ccc(-c3noc(-c4ccc(F)cc4)n3)c3ccccc23)C1. The molecule has 1 fully saturated rings. The van der Waals surface area contributed by atoms with E-state index in [0.717, 1.165) is 36.5 Å². The number of hydrogen-bond acceptors (Lipinski definition) is 4. The predicted molar refractivity (Wildman–Crippen MR) is 107 cm³/mol. The Hall–Kier alpha value is -3.05. The van der Waals surface area contributed by atoms with E-state index in [4.69, 9.17) is 4.52 Å². The lowest BCUT2D eigenvalue weighted by molar-refractivity contribution is 0.105. The second-order valence-corrected chi connectivity index (χ2v) is 7.55. The molecule has 140 valence electrons. The molecule has 0 aliphatic carbocycles. The zero-order valence-corrected chi connectivity index (χ0v) is 15.6. The monoisotopic (exact) mass is 373 g/mol. The Kier molecular flexibility index (Phi) is 4.17. The van der Waals surface area contributed by atoms with Gasteiger partial charge in [-0.3, -0.25) is 4.90 Å². The van der Waals surface area contributed by atoms with Gasteiger partial charge in [0.25, 0.3) is 5.89 Å². The molecule has 1 aliphatic rings. The highest BCUT2D eigenvalue weighted by molar-refractivity contribution is 5.97. The van der Waals surface area contributed by atoms with Crippen LogP contribution >= 0.6 is 0 Å². The average Bonchev–Trinajstić information content (AvgIpc) is 3.17. The number of halogens is 1. The van der Waals surface area contributed by atoms with Gasteiger partial charge in [-0.05, 0) is 46.5 Å². The first-order chi connectivity index (χ1) is 13.7. The quantitative estimate of drug-likeness (QED) is 0.496. The Morgan fingerprint density at radius 1 is 1.00 bits per heavy atom. The first kappa shape index (κ1) is 17.1. The van der Waals surface area contributed by atoms with Gasteiger partial charge in [0.1, 0.15) is 5.82 Å². The molecule has 0 bridgehead atoms. The number of benzene rings is 3. The summed E-state index contributed by atoms with van der Waals surface area (Å²) in [5.74, 6) is 1.42. The summed E-state index contributed by atoms with van der Waals surface area (Å²) < 4.78 is 18.6. The van der Waals surface area contributed by atoms with E-state index in [1.165, 1.54) is 23.1 Å². The summed E-state index contributed by atoms with van der Waals surface area (Å²) in [6, 6.07) is 18.6. The van der Waals surface area contributed by atoms with Crippen molar-refractivity contribution < 1.29 is 8.91 Å². The van der Waals surface area contributed by atoms with Gasteiger partial charge >= 0.3 is 0 Å². The number of likely N-dealkylation sites (tertiary alicyclic amines) is 1. The van der Waals surface area contributed by atoms with Crippen molar-refractivity contribution in [2.24, 2.45) is 5.92 Å². The Bertz CT molecular complexity index is 1130. The van der Waals surface area contributed by atoms with Gasteiger partial charge in [0, 0.05) is 30.8 Å². The van der Waals surface area contributed by atoms with Gasteiger partial charge in [-0.25, -0.2) is 4.39 Å². The molecule has 0 spiro atoms. The third kappa shape index (κ3) is 3.08. The zero-order valence-electron chi connectivity index (χ0n) is 15.6. The van der Waals surface area contributed by atoms with E-state index < -0.39 is 0 Å². The van der Waals surface area contributed by atoms with E-state index in [-0.39, 0.29) is 5.82 Å². The van der Waals surface area contributed by atoms with Crippen molar-refractivity contribution in [2.75, 3.05) is 13.1 Å². The van der Waals surface area contributed by atoms with Crippen LogP contribution in [0.5, 0.6) is 0 Å². The molecule has 0 amide bonds. The minimum Gasteiger partial charge on any atom is -0.334 e. The maximum Gasteiger partial charge on any atom is 0.258 e. The van der Waals surface area contributed by atoms with Crippen LogP contribution in [0, 0.1) is 11.7 Å². The lowest BCUT2D eigenvalue weighted by atomic mass is 9.96. The summed E-state index contributed by atoms with van der Waals surface area (Å²) in [7, 11) is 0. The van der Waals surface area contributed by atoms with Gasteiger partial charge in [-0.2, -0.15) is 4.98 Å². The molecule has 5 heteroatoms. The zero-order chi connectivity index (χ0) is 19.1. The molecule has 1 aromatic heterocycles. The van der Waals surface area contributed by atoms with Crippen molar-refractivity contribution in [3.63, 3.8) is 0 Å². The maximum absolute atomic E-state index is 13.2. The van der Waals surface area contributed by atoms with Crippen LogP contribution in [0.25, 0.3) is 33.6 Å². The van der Waals surface area contributed by atoms with E-state index in [1.807, 2.05) is 6.07 Å². The standard InChI is InChI=1S/C23H20FN3O/c1-15-12-27(13-15)14-17-8-11-21(20-5-3-2-4-19(17)20)22-25-23(28-26-22)16-6-9-18(24)10-7-16/h2-11,15H,12-14H2,1H3. The van der Waals surface area contributed by atoms with Crippen LogP contribution in [0.2, 0.25) is 0 Å². The highest BCUT2D eigenvalue weighted by Gasteiger charge is 2.23. The number of hydrogen-bond donors (Lipinski definition) is 0. The number of rotatable bonds is 4. The lowest BCUT2D eigenvalue weighted by Gasteiger charge is -2.37. The molecular formula is C23H20FN3O. The fraction of sp³-hybridized carbons (Fsp3) is 0.217. The maximum atomic E-state index is 13.2.